The minimum Gasteiger partial charge on any atom is -0.329 e. The summed E-state index contributed by atoms with van der Waals surface area (Å²) in [7, 11) is 6.25. The van der Waals surface area contributed by atoms with Gasteiger partial charge < -0.3 is 10.6 Å². The Hall–Kier alpha value is -0.320. The van der Waals surface area contributed by atoms with E-state index < -0.39 is 0 Å². The summed E-state index contributed by atoms with van der Waals surface area (Å²) in [4.78, 5) is 4.44. The van der Waals surface area contributed by atoms with E-state index in [2.05, 4.69) is 30.9 Å². The highest BCUT2D eigenvalue weighted by Crippen LogP contribution is 2.26. The topological polar surface area (TPSA) is 32.5 Å². The van der Waals surface area contributed by atoms with Crippen LogP contribution in [-0.2, 0) is 0 Å². The molecule has 0 aliphatic carbocycles. The van der Waals surface area contributed by atoms with E-state index in [-0.39, 0.29) is 6.04 Å². The van der Waals surface area contributed by atoms with Crippen LogP contribution >= 0.6 is 23.2 Å². The molecule has 0 aromatic heterocycles. The number of hydrogen-bond acceptors (Lipinski definition) is 3. The molecule has 0 bridgehead atoms. The summed E-state index contributed by atoms with van der Waals surface area (Å²) in [5, 5.41) is 1.31. The molecular formula is C14H23Cl2N3. The molecule has 0 radical (unpaired) electrons. The highest BCUT2D eigenvalue weighted by Gasteiger charge is 2.16. The normalized spacial score (nSPS) is 13.3. The second kappa shape index (κ2) is 8.08. The standard InChI is InChI=1S/C14H23Cl2N3/c1-18(2)5-4-6-19(3)14(10-17)11-7-12(15)9-13(16)8-11/h7-9,14H,4-6,10,17H2,1-3H3. The number of rotatable bonds is 7. The Balaban J connectivity index is 2.70. The van der Waals surface area contributed by atoms with E-state index in [1.165, 1.54) is 0 Å². The molecule has 3 nitrogen and oxygen atoms in total. The quantitative estimate of drug-likeness (QED) is 0.841. The predicted molar refractivity (Wildman–Crippen MR) is 84.1 cm³/mol. The lowest BCUT2D eigenvalue weighted by Gasteiger charge is -2.28. The van der Waals surface area contributed by atoms with Crippen molar-refractivity contribution in [3.8, 4) is 0 Å². The summed E-state index contributed by atoms with van der Waals surface area (Å²) in [6.45, 7) is 2.61. The van der Waals surface area contributed by atoms with Crippen LogP contribution in [0.3, 0.4) is 0 Å². The summed E-state index contributed by atoms with van der Waals surface area (Å²) in [5.41, 5.74) is 6.98. The maximum atomic E-state index is 6.05. The van der Waals surface area contributed by atoms with Gasteiger partial charge in [-0.05, 0) is 64.4 Å². The third-order valence-corrected chi connectivity index (χ3v) is 3.58. The van der Waals surface area contributed by atoms with Crippen molar-refractivity contribution >= 4 is 23.2 Å². The van der Waals surface area contributed by atoms with Crippen molar-refractivity contribution < 1.29 is 0 Å². The first-order chi connectivity index (χ1) is 8.93. The van der Waals surface area contributed by atoms with Crippen LogP contribution in [0, 0.1) is 0 Å². The lowest BCUT2D eigenvalue weighted by Crippen LogP contribution is -2.32. The van der Waals surface area contributed by atoms with Gasteiger partial charge in [0.15, 0.2) is 0 Å². The molecule has 2 N–H and O–H groups in total. The van der Waals surface area contributed by atoms with Crippen molar-refractivity contribution in [3.63, 3.8) is 0 Å². The highest BCUT2D eigenvalue weighted by atomic mass is 35.5. The SMILES string of the molecule is CN(C)CCCN(C)C(CN)c1cc(Cl)cc(Cl)c1. The fraction of sp³-hybridized carbons (Fsp3) is 0.571. The van der Waals surface area contributed by atoms with E-state index in [0.717, 1.165) is 25.1 Å². The molecular weight excluding hydrogens is 281 g/mol. The van der Waals surface area contributed by atoms with E-state index in [0.29, 0.717) is 16.6 Å². The van der Waals surface area contributed by atoms with Crippen LogP contribution < -0.4 is 5.73 Å². The Morgan fingerprint density at radius 1 is 1.05 bits per heavy atom. The van der Waals surface area contributed by atoms with Gasteiger partial charge in [-0.1, -0.05) is 23.2 Å². The lowest BCUT2D eigenvalue weighted by molar-refractivity contribution is 0.235. The monoisotopic (exact) mass is 303 g/mol. The van der Waals surface area contributed by atoms with E-state index in [1.54, 1.807) is 6.07 Å². The Bertz CT molecular complexity index is 376. The van der Waals surface area contributed by atoms with Crippen molar-refractivity contribution in [3.05, 3.63) is 33.8 Å². The third-order valence-electron chi connectivity index (χ3n) is 3.14. The van der Waals surface area contributed by atoms with Crippen LogP contribution in [-0.4, -0.2) is 50.6 Å². The minimum atomic E-state index is 0.151. The second-order valence-corrected chi connectivity index (χ2v) is 5.96. The summed E-state index contributed by atoms with van der Waals surface area (Å²) in [6, 6.07) is 5.77. The van der Waals surface area contributed by atoms with Gasteiger partial charge in [-0.3, -0.25) is 4.90 Å². The van der Waals surface area contributed by atoms with Crippen LogP contribution in [0.25, 0.3) is 0 Å². The number of nitrogens with zero attached hydrogens (tertiary/aromatic N) is 2. The molecule has 0 saturated heterocycles. The van der Waals surface area contributed by atoms with E-state index in [1.807, 2.05) is 12.1 Å². The van der Waals surface area contributed by atoms with Gasteiger partial charge in [0, 0.05) is 22.6 Å². The Morgan fingerprint density at radius 2 is 1.63 bits per heavy atom. The zero-order valence-electron chi connectivity index (χ0n) is 11.9. The first kappa shape index (κ1) is 16.7. The average Bonchev–Trinajstić information content (AvgIpc) is 2.27. The molecule has 1 aromatic rings. The molecule has 0 heterocycles. The third kappa shape index (κ3) is 5.67. The van der Waals surface area contributed by atoms with Gasteiger partial charge in [0.2, 0.25) is 0 Å². The van der Waals surface area contributed by atoms with Crippen LogP contribution in [0.15, 0.2) is 18.2 Å². The van der Waals surface area contributed by atoms with E-state index >= 15 is 0 Å². The smallest absolute Gasteiger partial charge is 0.0468 e. The van der Waals surface area contributed by atoms with Crippen molar-refractivity contribution in [2.75, 3.05) is 40.8 Å². The Kier molecular flexibility index (Phi) is 7.11. The van der Waals surface area contributed by atoms with Gasteiger partial charge in [-0.25, -0.2) is 0 Å². The number of nitrogens with two attached hydrogens (primary N) is 1. The van der Waals surface area contributed by atoms with Gasteiger partial charge >= 0.3 is 0 Å². The molecule has 5 heteroatoms. The average molecular weight is 304 g/mol. The zero-order chi connectivity index (χ0) is 14.4. The van der Waals surface area contributed by atoms with Gasteiger partial charge in [-0.15, -0.1) is 0 Å². The van der Waals surface area contributed by atoms with Crippen LogP contribution in [0.5, 0.6) is 0 Å². The van der Waals surface area contributed by atoms with Gasteiger partial charge in [0.25, 0.3) is 0 Å². The van der Waals surface area contributed by atoms with Crippen molar-refractivity contribution in [2.45, 2.75) is 12.5 Å². The maximum absolute atomic E-state index is 6.05. The predicted octanol–water partition coefficient (Wildman–Crippen LogP) is 2.88. The fourth-order valence-electron chi connectivity index (χ4n) is 2.13. The van der Waals surface area contributed by atoms with Gasteiger partial charge in [0.1, 0.15) is 0 Å². The molecule has 0 fully saturated rings. The summed E-state index contributed by atoms with van der Waals surface area (Å²) in [5.74, 6) is 0. The van der Waals surface area contributed by atoms with Crippen LogP contribution in [0.1, 0.15) is 18.0 Å². The number of benzene rings is 1. The maximum Gasteiger partial charge on any atom is 0.0468 e. The lowest BCUT2D eigenvalue weighted by atomic mass is 10.1. The fourth-order valence-corrected chi connectivity index (χ4v) is 2.67. The van der Waals surface area contributed by atoms with Crippen LogP contribution in [0.4, 0.5) is 0 Å². The highest BCUT2D eigenvalue weighted by molar-refractivity contribution is 6.34. The largest absolute Gasteiger partial charge is 0.329 e. The number of halogens is 2. The summed E-state index contributed by atoms with van der Waals surface area (Å²) >= 11 is 12.1. The molecule has 0 spiro atoms. The molecule has 1 atom stereocenters. The van der Waals surface area contributed by atoms with Crippen molar-refractivity contribution in [1.82, 2.24) is 9.80 Å². The first-order valence-corrected chi connectivity index (χ1v) is 7.20. The molecule has 0 aliphatic heterocycles. The molecule has 108 valence electrons. The molecule has 1 rings (SSSR count). The van der Waals surface area contributed by atoms with Gasteiger partial charge in [0.05, 0.1) is 0 Å². The zero-order valence-corrected chi connectivity index (χ0v) is 13.4. The molecule has 0 amide bonds. The van der Waals surface area contributed by atoms with Crippen molar-refractivity contribution in [1.29, 1.82) is 0 Å². The molecule has 0 aliphatic rings. The van der Waals surface area contributed by atoms with Crippen LogP contribution in [0.2, 0.25) is 10.0 Å². The van der Waals surface area contributed by atoms with Gasteiger partial charge in [-0.2, -0.15) is 0 Å². The van der Waals surface area contributed by atoms with E-state index in [9.17, 15) is 0 Å². The molecule has 0 saturated carbocycles. The Morgan fingerprint density at radius 3 is 2.11 bits per heavy atom. The number of hydrogen-bond donors (Lipinski definition) is 1. The number of likely N-dealkylation sites (N-methyl/N-ethyl adjacent to an activating group) is 1. The first-order valence-electron chi connectivity index (χ1n) is 6.45. The second-order valence-electron chi connectivity index (χ2n) is 5.09. The Labute approximate surface area is 126 Å². The van der Waals surface area contributed by atoms with Crippen molar-refractivity contribution in [2.24, 2.45) is 5.73 Å². The molecule has 1 unspecified atom stereocenters. The minimum absolute atomic E-state index is 0.151. The molecule has 1 aromatic carbocycles. The summed E-state index contributed by atoms with van der Waals surface area (Å²) < 4.78 is 0. The summed E-state index contributed by atoms with van der Waals surface area (Å²) in [6.07, 6.45) is 1.11. The van der Waals surface area contributed by atoms with E-state index in [4.69, 9.17) is 28.9 Å². The molecule has 19 heavy (non-hydrogen) atoms.